The van der Waals surface area contributed by atoms with Gasteiger partial charge in [-0.25, -0.2) is 0 Å². The molecule has 0 radical (unpaired) electrons. The van der Waals surface area contributed by atoms with E-state index in [1.54, 1.807) is 0 Å². The molecule has 1 aliphatic carbocycles. The van der Waals surface area contributed by atoms with Gasteiger partial charge in [-0.05, 0) is 24.8 Å². The average molecular weight is 277 g/mol. The number of amides is 1. The van der Waals surface area contributed by atoms with Crippen LogP contribution in [0.3, 0.4) is 0 Å². The molecular formula is C16H23NOS. The molecule has 3 heteroatoms. The Labute approximate surface area is 120 Å². The molecule has 2 rings (SSSR count). The Balaban J connectivity index is 1.52. The topological polar surface area (TPSA) is 29.1 Å². The van der Waals surface area contributed by atoms with Crippen molar-refractivity contribution >= 4 is 17.7 Å². The standard InChI is InChI=1S/C16H23NOS/c18-16(11-10-14-6-2-1-3-7-14)17-12-13-19-15-8-4-5-9-15/h1-3,6-7,15H,4-5,8-13H2,(H,17,18). The van der Waals surface area contributed by atoms with E-state index in [2.05, 4.69) is 17.4 Å². The molecule has 1 aliphatic rings. The van der Waals surface area contributed by atoms with Crippen LogP contribution in [0, 0.1) is 0 Å². The van der Waals surface area contributed by atoms with Crippen LogP contribution in [0.1, 0.15) is 37.7 Å². The maximum absolute atomic E-state index is 11.7. The maximum atomic E-state index is 11.7. The molecule has 0 heterocycles. The summed E-state index contributed by atoms with van der Waals surface area (Å²) in [6.07, 6.45) is 6.95. The molecule has 1 aromatic carbocycles. The van der Waals surface area contributed by atoms with Crippen molar-refractivity contribution in [3.8, 4) is 0 Å². The lowest BCUT2D eigenvalue weighted by molar-refractivity contribution is -0.120. The molecule has 1 saturated carbocycles. The van der Waals surface area contributed by atoms with Gasteiger partial charge in [-0.1, -0.05) is 43.2 Å². The lowest BCUT2D eigenvalue weighted by Crippen LogP contribution is -2.26. The molecule has 2 nitrogen and oxygen atoms in total. The van der Waals surface area contributed by atoms with Gasteiger partial charge in [0.25, 0.3) is 0 Å². The second-order valence-corrected chi connectivity index (χ2v) is 6.52. The van der Waals surface area contributed by atoms with Crippen molar-refractivity contribution in [2.75, 3.05) is 12.3 Å². The first-order chi connectivity index (χ1) is 9.34. The van der Waals surface area contributed by atoms with Crippen LogP contribution in [0.15, 0.2) is 30.3 Å². The van der Waals surface area contributed by atoms with E-state index >= 15 is 0 Å². The number of benzene rings is 1. The van der Waals surface area contributed by atoms with Crippen LogP contribution < -0.4 is 5.32 Å². The minimum absolute atomic E-state index is 0.177. The molecule has 1 fully saturated rings. The first kappa shape index (κ1) is 14.4. The minimum atomic E-state index is 0.177. The van der Waals surface area contributed by atoms with Crippen LogP contribution in [-0.4, -0.2) is 23.5 Å². The predicted octanol–water partition coefficient (Wildman–Crippen LogP) is 3.41. The van der Waals surface area contributed by atoms with Crippen molar-refractivity contribution in [3.63, 3.8) is 0 Å². The van der Waals surface area contributed by atoms with Crippen molar-refractivity contribution in [3.05, 3.63) is 35.9 Å². The number of carbonyl (C=O) groups excluding carboxylic acids is 1. The van der Waals surface area contributed by atoms with E-state index in [0.717, 1.165) is 24.0 Å². The molecule has 1 amide bonds. The van der Waals surface area contributed by atoms with E-state index in [4.69, 9.17) is 0 Å². The van der Waals surface area contributed by atoms with Crippen LogP contribution in [-0.2, 0) is 11.2 Å². The normalized spacial score (nSPS) is 15.6. The van der Waals surface area contributed by atoms with Crippen LogP contribution in [0.2, 0.25) is 0 Å². The summed E-state index contributed by atoms with van der Waals surface area (Å²) in [4.78, 5) is 11.7. The molecule has 0 unspecified atom stereocenters. The zero-order valence-electron chi connectivity index (χ0n) is 11.4. The number of aryl methyl sites for hydroxylation is 1. The van der Waals surface area contributed by atoms with Crippen LogP contribution in [0.4, 0.5) is 0 Å². The number of rotatable bonds is 7. The summed E-state index contributed by atoms with van der Waals surface area (Å²) >= 11 is 2.03. The summed E-state index contributed by atoms with van der Waals surface area (Å²) in [5.41, 5.74) is 1.23. The number of nitrogens with one attached hydrogen (secondary N) is 1. The monoisotopic (exact) mass is 277 g/mol. The molecule has 0 spiro atoms. The molecule has 104 valence electrons. The molecule has 0 saturated heterocycles. The molecule has 0 aromatic heterocycles. The number of hydrogen-bond donors (Lipinski definition) is 1. The van der Waals surface area contributed by atoms with Crippen molar-refractivity contribution < 1.29 is 4.79 Å². The van der Waals surface area contributed by atoms with Gasteiger partial charge in [-0.15, -0.1) is 0 Å². The second-order valence-electron chi connectivity index (χ2n) is 5.11. The van der Waals surface area contributed by atoms with Crippen molar-refractivity contribution in [2.45, 2.75) is 43.8 Å². The van der Waals surface area contributed by atoms with E-state index in [-0.39, 0.29) is 5.91 Å². The quantitative estimate of drug-likeness (QED) is 0.774. The summed E-state index contributed by atoms with van der Waals surface area (Å²) < 4.78 is 0. The molecule has 0 aliphatic heterocycles. The third-order valence-corrected chi connectivity index (χ3v) is 4.95. The molecule has 19 heavy (non-hydrogen) atoms. The number of carbonyl (C=O) groups is 1. The fourth-order valence-electron chi connectivity index (χ4n) is 2.46. The van der Waals surface area contributed by atoms with Crippen molar-refractivity contribution in [1.82, 2.24) is 5.32 Å². The van der Waals surface area contributed by atoms with Gasteiger partial charge in [0.2, 0.25) is 5.91 Å². The number of hydrogen-bond acceptors (Lipinski definition) is 2. The van der Waals surface area contributed by atoms with Crippen LogP contribution in [0.5, 0.6) is 0 Å². The second kappa shape index (κ2) is 8.26. The molecule has 0 atom stereocenters. The highest BCUT2D eigenvalue weighted by atomic mass is 32.2. The predicted molar refractivity (Wildman–Crippen MR) is 82.5 cm³/mol. The Morgan fingerprint density at radius 2 is 1.95 bits per heavy atom. The fraction of sp³-hybridized carbons (Fsp3) is 0.562. The van der Waals surface area contributed by atoms with Crippen molar-refractivity contribution in [1.29, 1.82) is 0 Å². The van der Waals surface area contributed by atoms with E-state index in [1.165, 1.54) is 31.2 Å². The van der Waals surface area contributed by atoms with Crippen LogP contribution >= 0.6 is 11.8 Å². The zero-order valence-corrected chi connectivity index (χ0v) is 12.3. The SMILES string of the molecule is O=C(CCc1ccccc1)NCCSC1CCCC1. The summed E-state index contributed by atoms with van der Waals surface area (Å²) in [5, 5.41) is 3.87. The highest BCUT2D eigenvalue weighted by molar-refractivity contribution is 7.99. The third-order valence-electron chi connectivity index (χ3n) is 3.56. The van der Waals surface area contributed by atoms with Gasteiger partial charge < -0.3 is 5.32 Å². The minimum Gasteiger partial charge on any atom is -0.355 e. The summed E-state index contributed by atoms with van der Waals surface area (Å²) in [7, 11) is 0. The Morgan fingerprint density at radius 3 is 2.68 bits per heavy atom. The van der Waals surface area contributed by atoms with Gasteiger partial charge in [0.1, 0.15) is 0 Å². The highest BCUT2D eigenvalue weighted by Gasteiger charge is 2.14. The molecule has 1 N–H and O–H groups in total. The van der Waals surface area contributed by atoms with E-state index in [0.29, 0.717) is 6.42 Å². The molecule has 1 aromatic rings. The van der Waals surface area contributed by atoms with Crippen molar-refractivity contribution in [2.24, 2.45) is 0 Å². The summed E-state index contributed by atoms with van der Waals surface area (Å²) in [6.45, 7) is 0.814. The smallest absolute Gasteiger partial charge is 0.220 e. The zero-order chi connectivity index (χ0) is 13.3. The first-order valence-electron chi connectivity index (χ1n) is 7.27. The summed E-state index contributed by atoms with van der Waals surface area (Å²) in [6, 6.07) is 10.2. The van der Waals surface area contributed by atoms with Gasteiger partial charge in [-0.3, -0.25) is 4.79 Å². The third kappa shape index (κ3) is 5.68. The first-order valence-corrected chi connectivity index (χ1v) is 8.32. The fourth-order valence-corrected chi connectivity index (χ4v) is 3.68. The number of thioether (sulfide) groups is 1. The lowest BCUT2D eigenvalue weighted by Gasteiger charge is -2.09. The molecular weight excluding hydrogens is 254 g/mol. The lowest BCUT2D eigenvalue weighted by atomic mass is 10.1. The van der Waals surface area contributed by atoms with Gasteiger partial charge >= 0.3 is 0 Å². The van der Waals surface area contributed by atoms with Crippen LogP contribution in [0.25, 0.3) is 0 Å². The van der Waals surface area contributed by atoms with Gasteiger partial charge in [0.05, 0.1) is 0 Å². The highest BCUT2D eigenvalue weighted by Crippen LogP contribution is 2.28. The Hall–Kier alpha value is -0.960. The van der Waals surface area contributed by atoms with E-state index < -0.39 is 0 Å². The van der Waals surface area contributed by atoms with E-state index in [1.807, 2.05) is 30.0 Å². The van der Waals surface area contributed by atoms with Gasteiger partial charge in [0, 0.05) is 24.0 Å². The molecule has 0 bridgehead atoms. The summed E-state index contributed by atoms with van der Waals surface area (Å²) in [5.74, 6) is 1.23. The maximum Gasteiger partial charge on any atom is 0.220 e. The van der Waals surface area contributed by atoms with E-state index in [9.17, 15) is 4.79 Å². The van der Waals surface area contributed by atoms with Gasteiger partial charge in [0.15, 0.2) is 0 Å². The van der Waals surface area contributed by atoms with Gasteiger partial charge in [-0.2, -0.15) is 11.8 Å². The average Bonchev–Trinajstić information content (AvgIpc) is 2.96. The Kier molecular flexibility index (Phi) is 6.28. The Bertz CT molecular complexity index is 374. The largest absolute Gasteiger partial charge is 0.355 e. The Morgan fingerprint density at radius 1 is 1.21 bits per heavy atom.